The third kappa shape index (κ3) is 5.76. The largest absolute Gasteiger partial charge is 0.380 e. The maximum absolute atomic E-state index is 5.55. The van der Waals surface area contributed by atoms with Crippen LogP contribution >= 0.6 is 0 Å². The molecule has 1 heterocycles. The summed E-state index contributed by atoms with van der Waals surface area (Å²) in [5.74, 6) is 0. The maximum Gasteiger partial charge on any atom is 0.0693 e. The summed E-state index contributed by atoms with van der Waals surface area (Å²) >= 11 is 0. The normalized spacial score (nSPS) is 15.1. The molecule has 2 rings (SSSR count). The van der Waals surface area contributed by atoms with E-state index < -0.39 is 0 Å². The molecule has 5 heteroatoms. The van der Waals surface area contributed by atoms with Crippen molar-refractivity contribution in [2.45, 2.75) is 6.92 Å². The van der Waals surface area contributed by atoms with Crippen molar-refractivity contribution in [3.63, 3.8) is 0 Å². The van der Waals surface area contributed by atoms with Gasteiger partial charge in [0.25, 0.3) is 0 Å². The summed E-state index contributed by atoms with van der Waals surface area (Å²) in [5, 5.41) is 6.40. The fourth-order valence-corrected chi connectivity index (χ4v) is 2.80. The van der Waals surface area contributed by atoms with Crippen LogP contribution < -0.4 is 15.5 Å². The number of hydrogen-bond donors (Lipinski definition) is 2. The molecule has 0 amide bonds. The summed E-state index contributed by atoms with van der Waals surface area (Å²) in [6.45, 7) is 10.8. The fourth-order valence-electron chi connectivity index (χ4n) is 2.80. The number of hydrogen-bond acceptors (Lipinski definition) is 5. The number of nitrogens with zero attached hydrogens (tertiary/aromatic N) is 2. The first-order valence-electron chi connectivity index (χ1n) is 8.41. The minimum absolute atomic E-state index is 0.725. The Balaban J connectivity index is 2.02. The number of para-hydroxylation sites is 2. The highest BCUT2D eigenvalue weighted by atomic mass is 16.5. The molecule has 0 radical (unpaired) electrons. The Hall–Kier alpha value is -1.74. The number of rotatable bonds is 9. The Morgan fingerprint density at radius 1 is 1.30 bits per heavy atom. The van der Waals surface area contributed by atoms with Gasteiger partial charge >= 0.3 is 0 Å². The average molecular weight is 316 g/mol. The summed E-state index contributed by atoms with van der Waals surface area (Å²) in [4.78, 5) is 4.86. The van der Waals surface area contributed by atoms with Gasteiger partial charge in [-0.3, -0.25) is 4.90 Å². The van der Waals surface area contributed by atoms with Crippen molar-refractivity contribution in [3.8, 4) is 12.5 Å². The van der Waals surface area contributed by atoms with E-state index in [-0.39, 0.29) is 0 Å². The summed E-state index contributed by atoms with van der Waals surface area (Å²) in [6, 6.07) is 10.7. The monoisotopic (exact) mass is 316 g/mol. The molecule has 1 fully saturated rings. The van der Waals surface area contributed by atoms with Crippen molar-refractivity contribution in [2.75, 3.05) is 69.2 Å². The zero-order valence-electron chi connectivity index (χ0n) is 14.1. The van der Waals surface area contributed by atoms with Crippen molar-refractivity contribution >= 4 is 11.4 Å². The molecule has 0 spiro atoms. The van der Waals surface area contributed by atoms with Crippen LogP contribution in [0.3, 0.4) is 0 Å². The molecule has 0 aliphatic carbocycles. The predicted octanol–water partition coefficient (Wildman–Crippen LogP) is 1.44. The van der Waals surface area contributed by atoms with Gasteiger partial charge in [-0.15, -0.1) is 0 Å². The van der Waals surface area contributed by atoms with Crippen molar-refractivity contribution in [3.05, 3.63) is 24.3 Å². The van der Waals surface area contributed by atoms with E-state index in [1.807, 2.05) is 19.1 Å². The average Bonchev–Trinajstić information content (AvgIpc) is 2.60. The Bertz CT molecular complexity index is 494. The van der Waals surface area contributed by atoms with E-state index in [2.05, 4.69) is 38.6 Å². The third-order valence-electron chi connectivity index (χ3n) is 4.06. The van der Waals surface area contributed by atoms with Gasteiger partial charge in [-0.2, -0.15) is 0 Å². The number of nitrogens with one attached hydrogen (secondary N) is 2. The van der Waals surface area contributed by atoms with Gasteiger partial charge < -0.3 is 20.3 Å². The zero-order chi connectivity index (χ0) is 16.3. The van der Waals surface area contributed by atoms with Crippen LogP contribution in [0.4, 0.5) is 11.4 Å². The van der Waals surface area contributed by atoms with Crippen LogP contribution in [0.2, 0.25) is 0 Å². The Morgan fingerprint density at radius 3 is 2.83 bits per heavy atom. The first kappa shape index (κ1) is 17.6. The van der Waals surface area contributed by atoms with Crippen LogP contribution in [-0.2, 0) is 4.74 Å². The molecule has 0 aromatic heterocycles. The molecule has 1 aliphatic heterocycles. The molecule has 5 nitrogen and oxygen atoms in total. The number of piperazine rings is 1. The topological polar surface area (TPSA) is 39.8 Å². The lowest BCUT2D eigenvalue weighted by molar-refractivity contribution is 0.153. The number of ether oxygens (including phenoxy) is 1. The van der Waals surface area contributed by atoms with E-state index in [1.165, 1.54) is 0 Å². The van der Waals surface area contributed by atoms with E-state index in [0.717, 1.165) is 70.4 Å². The summed E-state index contributed by atoms with van der Waals surface area (Å²) in [7, 11) is 0. The number of anilines is 2. The molecule has 23 heavy (non-hydrogen) atoms. The number of terminal acetylenes is 1. The van der Waals surface area contributed by atoms with Gasteiger partial charge in [0.05, 0.1) is 18.0 Å². The van der Waals surface area contributed by atoms with Crippen molar-refractivity contribution in [1.29, 1.82) is 0 Å². The van der Waals surface area contributed by atoms with Crippen molar-refractivity contribution in [1.82, 2.24) is 10.2 Å². The molecule has 1 aliphatic rings. The Labute approximate surface area is 140 Å². The second-order valence-corrected chi connectivity index (χ2v) is 5.56. The predicted molar refractivity (Wildman–Crippen MR) is 96.9 cm³/mol. The van der Waals surface area contributed by atoms with E-state index in [1.54, 1.807) is 0 Å². The zero-order valence-corrected chi connectivity index (χ0v) is 14.1. The molecular formula is C18H28N4O. The van der Waals surface area contributed by atoms with Crippen LogP contribution in [-0.4, -0.2) is 63.9 Å². The van der Waals surface area contributed by atoms with Crippen LogP contribution in [0, 0.1) is 12.5 Å². The molecule has 0 unspecified atom stereocenters. The van der Waals surface area contributed by atoms with E-state index >= 15 is 0 Å². The minimum atomic E-state index is 0.725. The molecular weight excluding hydrogens is 288 g/mol. The lowest BCUT2D eigenvalue weighted by atomic mass is 10.2. The van der Waals surface area contributed by atoms with Crippen LogP contribution in [0.15, 0.2) is 24.3 Å². The van der Waals surface area contributed by atoms with Crippen LogP contribution in [0.1, 0.15) is 6.92 Å². The SMILES string of the molecule is C#CNc1ccccc1N(CCOCC)CCN1CCNCC1. The smallest absolute Gasteiger partial charge is 0.0693 e. The van der Waals surface area contributed by atoms with Crippen LogP contribution in [0.25, 0.3) is 0 Å². The van der Waals surface area contributed by atoms with E-state index in [9.17, 15) is 0 Å². The van der Waals surface area contributed by atoms with Gasteiger partial charge in [0.2, 0.25) is 0 Å². The molecule has 0 bridgehead atoms. The highest BCUT2D eigenvalue weighted by Gasteiger charge is 2.14. The molecule has 1 aromatic carbocycles. The van der Waals surface area contributed by atoms with Crippen molar-refractivity contribution < 1.29 is 4.74 Å². The number of benzene rings is 1. The first-order valence-corrected chi connectivity index (χ1v) is 8.41. The van der Waals surface area contributed by atoms with E-state index in [4.69, 9.17) is 11.2 Å². The summed E-state index contributed by atoms with van der Waals surface area (Å²) in [6.07, 6.45) is 5.42. The maximum atomic E-state index is 5.55. The van der Waals surface area contributed by atoms with Crippen molar-refractivity contribution in [2.24, 2.45) is 0 Å². The summed E-state index contributed by atoms with van der Waals surface area (Å²) in [5.41, 5.74) is 2.12. The molecule has 126 valence electrons. The lowest BCUT2D eigenvalue weighted by Crippen LogP contribution is -2.46. The Morgan fingerprint density at radius 2 is 2.09 bits per heavy atom. The minimum Gasteiger partial charge on any atom is -0.380 e. The molecule has 1 saturated heterocycles. The standard InChI is InChI=1S/C18H28N4O/c1-3-20-17-7-5-6-8-18(17)22(15-16-23-4-2)14-13-21-11-9-19-10-12-21/h1,5-8,19-20H,4,9-16H2,2H3. The molecule has 2 N–H and O–H groups in total. The first-order chi connectivity index (χ1) is 11.3. The third-order valence-corrected chi connectivity index (χ3v) is 4.06. The quantitative estimate of drug-likeness (QED) is 0.410. The van der Waals surface area contributed by atoms with Gasteiger partial charge in [-0.1, -0.05) is 18.6 Å². The van der Waals surface area contributed by atoms with Crippen LogP contribution in [0.5, 0.6) is 0 Å². The van der Waals surface area contributed by atoms with E-state index in [0.29, 0.717) is 0 Å². The molecule has 0 saturated carbocycles. The van der Waals surface area contributed by atoms with Gasteiger partial charge in [-0.25, -0.2) is 0 Å². The van der Waals surface area contributed by atoms with Gasteiger partial charge in [0.1, 0.15) is 0 Å². The second-order valence-electron chi connectivity index (χ2n) is 5.56. The fraction of sp³-hybridized carbons (Fsp3) is 0.556. The lowest BCUT2D eigenvalue weighted by Gasteiger charge is -2.32. The highest BCUT2D eigenvalue weighted by Crippen LogP contribution is 2.25. The van der Waals surface area contributed by atoms with Gasteiger partial charge in [0, 0.05) is 58.5 Å². The van der Waals surface area contributed by atoms with Gasteiger partial charge in [-0.05, 0) is 19.1 Å². The molecule has 0 atom stereocenters. The summed E-state index contributed by atoms with van der Waals surface area (Å²) < 4.78 is 5.55. The Kier molecular flexibility index (Phi) is 7.74. The second kappa shape index (κ2) is 10.1. The molecule has 1 aromatic rings. The highest BCUT2D eigenvalue weighted by molar-refractivity contribution is 5.71. The van der Waals surface area contributed by atoms with Gasteiger partial charge in [0.15, 0.2) is 0 Å².